The summed E-state index contributed by atoms with van der Waals surface area (Å²) in [6, 6.07) is 0. The normalized spacial score (nSPS) is 16.4. The molecule has 1 aliphatic heterocycles. The fraction of sp³-hybridized carbons (Fsp3) is 0.556. The van der Waals surface area contributed by atoms with Gasteiger partial charge in [0.2, 0.25) is 0 Å². The smallest absolute Gasteiger partial charge is 0.0605 e. The van der Waals surface area contributed by atoms with Gasteiger partial charge in [-0.25, -0.2) is 0 Å². The summed E-state index contributed by atoms with van der Waals surface area (Å²) in [6.07, 6.45) is 4.33. The Morgan fingerprint density at radius 2 is 2.00 bits per heavy atom. The average Bonchev–Trinajstić information content (AvgIpc) is 2.41. The predicted octanol–water partition coefficient (Wildman–Crippen LogP) is 1.69. The second kappa shape index (κ2) is 6.27. The van der Waals surface area contributed by atoms with Crippen molar-refractivity contribution in [3.8, 4) is 11.8 Å². The van der Waals surface area contributed by atoms with Gasteiger partial charge in [-0.2, -0.15) is 0 Å². The van der Waals surface area contributed by atoms with Gasteiger partial charge in [-0.15, -0.1) is 12.4 Å². The van der Waals surface area contributed by atoms with Gasteiger partial charge in [0.05, 0.1) is 6.54 Å². The lowest BCUT2D eigenvalue weighted by molar-refractivity contribution is 0.383. The van der Waals surface area contributed by atoms with Crippen LogP contribution in [0.2, 0.25) is 0 Å². The number of allylic oxidation sites excluding steroid dienone is 1. The number of halogens is 1. The maximum atomic E-state index is 3.53. The van der Waals surface area contributed by atoms with E-state index in [9.17, 15) is 0 Å². The molecule has 0 amide bonds. The summed E-state index contributed by atoms with van der Waals surface area (Å²) in [5.74, 6) is 5.88. The first-order chi connectivity index (χ1) is 4.93. The lowest BCUT2D eigenvalue weighted by atomic mass is 10.4. The molecule has 0 aromatic heterocycles. The molecular weight excluding hydrogens is 158 g/mol. The van der Waals surface area contributed by atoms with Gasteiger partial charge in [0.25, 0.3) is 0 Å². The summed E-state index contributed by atoms with van der Waals surface area (Å²) in [6.45, 7) is 6.91. The van der Waals surface area contributed by atoms with E-state index in [0.717, 1.165) is 6.54 Å². The highest BCUT2D eigenvalue weighted by atomic mass is 35.5. The first-order valence-corrected chi connectivity index (χ1v) is 3.75. The van der Waals surface area contributed by atoms with E-state index in [2.05, 4.69) is 23.3 Å². The Morgan fingerprint density at radius 3 is 2.55 bits per heavy atom. The molecule has 2 heteroatoms. The third-order valence-corrected chi connectivity index (χ3v) is 1.71. The van der Waals surface area contributed by atoms with Crippen molar-refractivity contribution in [3.05, 3.63) is 12.7 Å². The second-order valence-corrected chi connectivity index (χ2v) is 2.51. The van der Waals surface area contributed by atoms with Crippen LogP contribution in [-0.2, 0) is 0 Å². The predicted molar refractivity (Wildman–Crippen MR) is 50.9 cm³/mol. The van der Waals surface area contributed by atoms with Crippen molar-refractivity contribution in [3.63, 3.8) is 0 Å². The van der Waals surface area contributed by atoms with Gasteiger partial charge in [0.15, 0.2) is 0 Å². The van der Waals surface area contributed by atoms with Crippen LogP contribution in [0.5, 0.6) is 0 Å². The van der Waals surface area contributed by atoms with E-state index in [4.69, 9.17) is 0 Å². The number of nitrogens with zero attached hydrogens (tertiary/aromatic N) is 1. The molecule has 0 atom stereocenters. The van der Waals surface area contributed by atoms with Crippen LogP contribution in [0, 0.1) is 11.8 Å². The Labute approximate surface area is 74.9 Å². The Bertz CT molecular complexity index is 160. The van der Waals surface area contributed by atoms with Gasteiger partial charge >= 0.3 is 0 Å². The van der Waals surface area contributed by atoms with Crippen LogP contribution in [0.25, 0.3) is 0 Å². The zero-order valence-corrected chi connectivity index (χ0v) is 7.49. The van der Waals surface area contributed by atoms with E-state index >= 15 is 0 Å². The molecule has 0 unspecified atom stereocenters. The summed E-state index contributed by atoms with van der Waals surface area (Å²) in [7, 11) is 0. The Morgan fingerprint density at radius 1 is 1.36 bits per heavy atom. The van der Waals surface area contributed by atoms with Gasteiger partial charge in [0.1, 0.15) is 0 Å². The molecule has 0 bridgehead atoms. The Balaban J connectivity index is 0.000001000. The van der Waals surface area contributed by atoms with E-state index < -0.39 is 0 Å². The van der Waals surface area contributed by atoms with Gasteiger partial charge in [-0.05, 0) is 32.0 Å². The first-order valence-electron chi connectivity index (χ1n) is 3.75. The molecule has 1 nitrogen and oxygen atoms in total. The van der Waals surface area contributed by atoms with Crippen LogP contribution in [0.1, 0.15) is 12.8 Å². The van der Waals surface area contributed by atoms with Crippen LogP contribution in [0.3, 0.4) is 0 Å². The molecule has 62 valence electrons. The highest BCUT2D eigenvalue weighted by Crippen LogP contribution is 2.05. The second-order valence-electron chi connectivity index (χ2n) is 2.51. The van der Waals surface area contributed by atoms with E-state index in [0.29, 0.717) is 0 Å². The van der Waals surface area contributed by atoms with Crippen molar-refractivity contribution in [1.82, 2.24) is 4.90 Å². The summed E-state index contributed by atoms with van der Waals surface area (Å²) in [4.78, 5) is 2.37. The summed E-state index contributed by atoms with van der Waals surface area (Å²) >= 11 is 0. The van der Waals surface area contributed by atoms with Crippen LogP contribution in [0.15, 0.2) is 12.7 Å². The maximum Gasteiger partial charge on any atom is 0.0605 e. The quantitative estimate of drug-likeness (QED) is 0.543. The van der Waals surface area contributed by atoms with Crippen LogP contribution in [-0.4, -0.2) is 24.5 Å². The van der Waals surface area contributed by atoms with Crippen molar-refractivity contribution in [1.29, 1.82) is 0 Å². The zero-order chi connectivity index (χ0) is 7.23. The van der Waals surface area contributed by atoms with Gasteiger partial charge in [0, 0.05) is 0 Å². The molecule has 1 rings (SSSR count). The molecule has 0 aromatic rings. The maximum absolute atomic E-state index is 3.53. The largest absolute Gasteiger partial charge is 0.292 e. The fourth-order valence-electron chi connectivity index (χ4n) is 1.17. The van der Waals surface area contributed by atoms with E-state index in [1.165, 1.54) is 25.9 Å². The van der Waals surface area contributed by atoms with Gasteiger partial charge in [-0.3, -0.25) is 4.90 Å². The molecule has 1 aliphatic rings. The monoisotopic (exact) mass is 171 g/mol. The summed E-state index contributed by atoms with van der Waals surface area (Å²) in [5.41, 5.74) is 0. The molecular formula is C9H14ClN. The van der Waals surface area contributed by atoms with Crippen molar-refractivity contribution in [2.75, 3.05) is 19.6 Å². The van der Waals surface area contributed by atoms with E-state index in [1.54, 1.807) is 6.08 Å². The molecule has 1 heterocycles. The standard InChI is InChI=1S/C9H13N.ClH/c1-2-3-4-7-10-8-5-6-9-10;/h2H,1,5-9H2;1H. The summed E-state index contributed by atoms with van der Waals surface area (Å²) in [5, 5.41) is 0. The molecule has 1 fully saturated rings. The van der Waals surface area contributed by atoms with Crippen LogP contribution in [0.4, 0.5) is 0 Å². The number of hydrogen-bond donors (Lipinski definition) is 0. The topological polar surface area (TPSA) is 3.24 Å². The van der Waals surface area contributed by atoms with Gasteiger partial charge in [-0.1, -0.05) is 18.4 Å². The molecule has 0 saturated carbocycles. The average molecular weight is 172 g/mol. The van der Waals surface area contributed by atoms with Crippen molar-refractivity contribution in [2.24, 2.45) is 0 Å². The SMILES string of the molecule is C=CC#CCN1CCCC1.Cl. The minimum absolute atomic E-state index is 0. The third kappa shape index (κ3) is 4.08. The number of rotatable bonds is 1. The fourth-order valence-corrected chi connectivity index (χ4v) is 1.17. The number of likely N-dealkylation sites (tertiary alicyclic amines) is 1. The van der Waals surface area contributed by atoms with Gasteiger partial charge < -0.3 is 0 Å². The molecule has 0 aliphatic carbocycles. The van der Waals surface area contributed by atoms with E-state index in [1.807, 2.05) is 0 Å². The Kier molecular flexibility index (Phi) is 6.02. The molecule has 1 saturated heterocycles. The van der Waals surface area contributed by atoms with Crippen LogP contribution >= 0.6 is 12.4 Å². The highest BCUT2D eigenvalue weighted by molar-refractivity contribution is 5.85. The van der Waals surface area contributed by atoms with E-state index in [-0.39, 0.29) is 12.4 Å². The molecule has 0 aromatic carbocycles. The lowest BCUT2D eigenvalue weighted by Crippen LogP contribution is -2.18. The zero-order valence-electron chi connectivity index (χ0n) is 6.68. The molecule has 11 heavy (non-hydrogen) atoms. The van der Waals surface area contributed by atoms with Crippen molar-refractivity contribution in [2.45, 2.75) is 12.8 Å². The van der Waals surface area contributed by atoms with Crippen molar-refractivity contribution < 1.29 is 0 Å². The third-order valence-electron chi connectivity index (χ3n) is 1.71. The first kappa shape index (κ1) is 10.6. The van der Waals surface area contributed by atoms with Crippen molar-refractivity contribution >= 4 is 12.4 Å². The molecule has 0 spiro atoms. The molecule has 0 N–H and O–H groups in total. The highest BCUT2D eigenvalue weighted by Gasteiger charge is 2.08. The minimum atomic E-state index is 0. The Hall–Kier alpha value is -0.450. The minimum Gasteiger partial charge on any atom is -0.292 e. The lowest BCUT2D eigenvalue weighted by Gasteiger charge is -2.07. The van der Waals surface area contributed by atoms with Crippen LogP contribution < -0.4 is 0 Å². The summed E-state index contributed by atoms with van der Waals surface area (Å²) < 4.78 is 0. The number of hydrogen-bond acceptors (Lipinski definition) is 1. The molecule has 0 radical (unpaired) electrons.